The third-order valence-corrected chi connectivity index (χ3v) is 3.95. The van der Waals surface area contributed by atoms with Crippen molar-refractivity contribution in [2.45, 2.75) is 6.92 Å². The molecule has 0 saturated carbocycles. The van der Waals surface area contributed by atoms with E-state index >= 15 is 0 Å². The highest BCUT2D eigenvalue weighted by Crippen LogP contribution is 2.26. The van der Waals surface area contributed by atoms with Gasteiger partial charge in [0.05, 0.1) is 23.2 Å². The predicted octanol–water partition coefficient (Wildman–Crippen LogP) is 1.13. The summed E-state index contributed by atoms with van der Waals surface area (Å²) in [5, 5.41) is 13.1. The van der Waals surface area contributed by atoms with E-state index < -0.39 is 11.9 Å². The first-order valence-electron chi connectivity index (χ1n) is 6.52. The number of carbonyl (C=O) groups is 2. The maximum absolute atomic E-state index is 12.4. The van der Waals surface area contributed by atoms with E-state index in [1.165, 1.54) is 0 Å². The zero-order valence-corrected chi connectivity index (χ0v) is 11.1. The van der Waals surface area contributed by atoms with Crippen LogP contribution in [0.25, 0.3) is 5.52 Å². The number of carbonyl (C=O) groups excluding carboxylic acids is 1. The van der Waals surface area contributed by atoms with E-state index in [1.807, 2.05) is 18.2 Å². The molecule has 1 amide bonds. The smallest absolute Gasteiger partial charge is 0.306 e. The molecule has 1 fully saturated rings. The maximum Gasteiger partial charge on any atom is 0.306 e. The number of hydrogen-bond acceptors (Lipinski definition) is 3. The van der Waals surface area contributed by atoms with Crippen molar-refractivity contribution in [2.75, 3.05) is 13.1 Å². The van der Waals surface area contributed by atoms with Gasteiger partial charge in [-0.1, -0.05) is 13.0 Å². The fraction of sp³-hybridized carbons (Fsp3) is 0.357. The number of pyridine rings is 1. The molecule has 0 radical (unpaired) electrons. The quantitative estimate of drug-likeness (QED) is 0.909. The summed E-state index contributed by atoms with van der Waals surface area (Å²) in [5.74, 6) is -1.26. The summed E-state index contributed by atoms with van der Waals surface area (Å²) in [6.07, 6.45) is 3.35. The average molecular weight is 273 g/mol. The van der Waals surface area contributed by atoms with Crippen LogP contribution < -0.4 is 0 Å². The molecule has 2 aromatic heterocycles. The number of rotatable bonds is 3. The lowest BCUT2D eigenvalue weighted by Gasteiger charge is -2.41. The number of likely N-dealkylation sites (tertiary alicyclic amines) is 1. The van der Waals surface area contributed by atoms with Gasteiger partial charge in [0.15, 0.2) is 0 Å². The molecule has 1 unspecified atom stereocenters. The van der Waals surface area contributed by atoms with Crippen LogP contribution >= 0.6 is 0 Å². The van der Waals surface area contributed by atoms with Crippen molar-refractivity contribution >= 4 is 17.4 Å². The Bertz CT molecular complexity index is 673. The second-order valence-electron chi connectivity index (χ2n) is 5.19. The lowest BCUT2D eigenvalue weighted by atomic mass is 9.86. The van der Waals surface area contributed by atoms with E-state index in [0.29, 0.717) is 18.7 Å². The van der Waals surface area contributed by atoms with Gasteiger partial charge in [-0.25, -0.2) is 4.52 Å². The number of carboxylic acid groups (broad SMARTS) is 1. The molecular formula is C14H15N3O3. The molecule has 0 aliphatic carbocycles. The van der Waals surface area contributed by atoms with Crippen LogP contribution in [0.2, 0.25) is 0 Å². The van der Waals surface area contributed by atoms with Crippen LogP contribution in [0.3, 0.4) is 0 Å². The van der Waals surface area contributed by atoms with Gasteiger partial charge in [0.1, 0.15) is 0 Å². The van der Waals surface area contributed by atoms with Gasteiger partial charge in [0.2, 0.25) is 0 Å². The zero-order valence-electron chi connectivity index (χ0n) is 11.1. The van der Waals surface area contributed by atoms with Gasteiger partial charge < -0.3 is 10.0 Å². The summed E-state index contributed by atoms with van der Waals surface area (Å²) in [6.45, 7) is 2.68. The Balaban J connectivity index is 1.74. The molecule has 3 heterocycles. The van der Waals surface area contributed by atoms with Crippen molar-refractivity contribution in [3.05, 3.63) is 36.2 Å². The molecule has 0 bridgehead atoms. The second-order valence-corrected chi connectivity index (χ2v) is 5.19. The number of amides is 1. The lowest BCUT2D eigenvalue weighted by Crippen LogP contribution is -2.53. The molecule has 1 saturated heterocycles. The Morgan fingerprint density at radius 1 is 1.40 bits per heavy atom. The van der Waals surface area contributed by atoms with E-state index in [0.717, 1.165) is 5.52 Å². The van der Waals surface area contributed by atoms with Crippen LogP contribution in [0.4, 0.5) is 0 Å². The number of hydrogen-bond donors (Lipinski definition) is 1. The van der Waals surface area contributed by atoms with E-state index in [1.54, 1.807) is 28.7 Å². The first-order valence-corrected chi connectivity index (χ1v) is 6.52. The molecule has 0 aromatic carbocycles. The van der Waals surface area contributed by atoms with Crippen LogP contribution in [0.5, 0.6) is 0 Å². The largest absolute Gasteiger partial charge is 0.481 e. The van der Waals surface area contributed by atoms with Crippen molar-refractivity contribution in [1.29, 1.82) is 0 Å². The summed E-state index contributed by atoms with van der Waals surface area (Å²) in [5.41, 5.74) is 1.33. The molecule has 2 aromatic rings. The van der Waals surface area contributed by atoms with E-state index in [2.05, 4.69) is 5.10 Å². The number of aromatic nitrogens is 2. The predicted molar refractivity (Wildman–Crippen MR) is 71.4 cm³/mol. The summed E-state index contributed by atoms with van der Waals surface area (Å²) >= 11 is 0. The summed E-state index contributed by atoms with van der Waals surface area (Å²) < 4.78 is 1.66. The topological polar surface area (TPSA) is 74.9 Å². The Hall–Kier alpha value is -2.37. The Morgan fingerprint density at radius 2 is 2.15 bits per heavy atom. The standard InChI is InChI=1S/C14H15N3O3/c1-9(14(19)20)10-7-16(8-10)13(18)11-6-15-17-5-3-2-4-12(11)17/h2-6,9-10H,7-8H2,1H3,(H,19,20). The van der Waals surface area contributed by atoms with Crippen LogP contribution in [0.1, 0.15) is 17.3 Å². The van der Waals surface area contributed by atoms with Gasteiger partial charge in [0.25, 0.3) is 5.91 Å². The minimum Gasteiger partial charge on any atom is -0.481 e. The molecule has 3 rings (SSSR count). The van der Waals surface area contributed by atoms with Gasteiger partial charge in [-0.05, 0) is 12.1 Å². The van der Waals surface area contributed by atoms with Crippen LogP contribution in [-0.2, 0) is 4.79 Å². The normalized spacial score (nSPS) is 16.9. The summed E-state index contributed by atoms with van der Waals surface area (Å²) in [4.78, 5) is 24.9. The van der Waals surface area contributed by atoms with E-state index in [-0.39, 0.29) is 11.8 Å². The lowest BCUT2D eigenvalue weighted by molar-refractivity contribution is -0.144. The molecule has 1 aliphatic heterocycles. The third-order valence-electron chi connectivity index (χ3n) is 3.95. The molecule has 6 nitrogen and oxygen atoms in total. The maximum atomic E-state index is 12.4. The molecule has 20 heavy (non-hydrogen) atoms. The molecule has 0 spiro atoms. The first kappa shape index (κ1) is 12.7. The number of carboxylic acids is 1. The van der Waals surface area contributed by atoms with Crippen molar-refractivity contribution in [3.63, 3.8) is 0 Å². The first-order chi connectivity index (χ1) is 9.58. The van der Waals surface area contributed by atoms with Crippen molar-refractivity contribution in [1.82, 2.24) is 14.5 Å². The SMILES string of the molecule is CC(C(=O)O)C1CN(C(=O)c2cnn3ccccc23)C1. The van der Waals surface area contributed by atoms with E-state index in [4.69, 9.17) is 5.11 Å². The Morgan fingerprint density at radius 3 is 2.85 bits per heavy atom. The van der Waals surface area contributed by atoms with Crippen LogP contribution in [0, 0.1) is 11.8 Å². The summed E-state index contributed by atoms with van der Waals surface area (Å²) in [7, 11) is 0. The van der Waals surface area contributed by atoms with Gasteiger partial charge in [-0.3, -0.25) is 9.59 Å². The monoisotopic (exact) mass is 273 g/mol. The molecular weight excluding hydrogens is 258 g/mol. The van der Waals surface area contributed by atoms with Crippen molar-refractivity contribution in [3.8, 4) is 0 Å². The molecule has 1 atom stereocenters. The van der Waals surface area contributed by atoms with Gasteiger partial charge in [0, 0.05) is 25.2 Å². The molecule has 1 aliphatic rings. The molecule has 6 heteroatoms. The van der Waals surface area contributed by atoms with Crippen molar-refractivity contribution < 1.29 is 14.7 Å². The fourth-order valence-electron chi connectivity index (χ4n) is 2.47. The van der Waals surface area contributed by atoms with E-state index in [9.17, 15) is 9.59 Å². The molecule has 104 valence electrons. The average Bonchev–Trinajstić information content (AvgIpc) is 2.80. The Labute approximate surface area is 115 Å². The number of nitrogens with zero attached hydrogens (tertiary/aromatic N) is 3. The van der Waals surface area contributed by atoms with Gasteiger partial charge in [-0.15, -0.1) is 0 Å². The third kappa shape index (κ3) is 1.93. The fourth-order valence-corrected chi connectivity index (χ4v) is 2.47. The number of fused-ring (bicyclic) bond motifs is 1. The van der Waals surface area contributed by atoms with Crippen LogP contribution in [0.15, 0.2) is 30.6 Å². The van der Waals surface area contributed by atoms with Gasteiger partial charge in [-0.2, -0.15) is 5.10 Å². The number of aliphatic carboxylic acids is 1. The Kier molecular flexibility index (Phi) is 2.93. The van der Waals surface area contributed by atoms with Crippen molar-refractivity contribution in [2.24, 2.45) is 11.8 Å². The summed E-state index contributed by atoms with van der Waals surface area (Å²) in [6, 6.07) is 5.55. The highest BCUT2D eigenvalue weighted by atomic mass is 16.4. The van der Waals surface area contributed by atoms with Gasteiger partial charge >= 0.3 is 5.97 Å². The highest BCUT2D eigenvalue weighted by Gasteiger charge is 2.38. The zero-order chi connectivity index (χ0) is 14.3. The second kappa shape index (κ2) is 4.63. The highest BCUT2D eigenvalue weighted by molar-refractivity contribution is 6.01. The minimum absolute atomic E-state index is 0.0401. The minimum atomic E-state index is -0.807. The van der Waals surface area contributed by atoms with Crippen LogP contribution in [-0.4, -0.2) is 44.6 Å². The molecule has 1 N–H and O–H groups in total.